The summed E-state index contributed by atoms with van der Waals surface area (Å²) in [5.41, 5.74) is 1.25. The molecule has 0 saturated carbocycles. The second kappa shape index (κ2) is 6.20. The molecular formula is C13H13IN4O3. The van der Waals surface area contributed by atoms with Crippen LogP contribution in [-0.4, -0.2) is 21.5 Å². The van der Waals surface area contributed by atoms with Gasteiger partial charge in [0, 0.05) is 36.6 Å². The third kappa shape index (κ3) is 3.20. The lowest BCUT2D eigenvalue weighted by Gasteiger charge is -2.13. The van der Waals surface area contributed by atoms with Gasteiger partial charge in [0.25, 0.3) is 11.2 Å². The molecular weight excluding hydrogens is 387 g/mol. The summed E-state index contributed by atoms with van der Waals surface area (Å²) in [5, 5.41) is 13.9. The van der Waals surface area contributed by atoms with E-state index in [1.165, 1.54) is 22.9 Å². The number of aryl methyl sites for hydroxylation is 1. The van der Waals surface area contributed by atoms with E-state index in [2.05, 4.69) is 10.3 Å². The SMILES string of the molecule is CNc1ccc([N+](=O)[O-])cc1Cn1c(C)ncc(I)c1=O. The van der Waals surface area contributed by atoms with Crippen LogP contribution in [0.15, 0.2) is 29.2 Å². The Morgan fingerprint density at radius 2 is 2.19 bits per heavy atom. The summed E-state index contributed by atoms with van der Waals surface area (Å²) in [7, 11) is 1.73. The number of hydrogen-bond acceptors (Lipinski definition) is 5. The van der Waals surface area contributed by atoms with Crippen LogP contribution in [0.1, 0.15) is 11.4 Å². The zero-order valence-electron chi connectivity index (χ0n) is 11.5. The Bertz CT molecular complexity index is 758. The van der Waals surface area contributed by atoms with E-state index < -0.39 is 4.92 Å². The van der Waals surface area contributed by atoms with Crippen molar-refractivity contribution in [3.8, 4) is 0 Å². The minimum Gasteiger partial charge on any atom is -0.388 e. The standard InChI is InChI=1S/C13H13IN4O3/c1-8-16-6-11(14)13(19)17(8)7-9-5-10(18(20)21)3-4-12(9)15-2/h3-6,15H,7H2,1-2H3. The Morgan fingerprint density at radius 3 is 2.81 bits per heavy atom. The maximum absolute atomic E-state index is 12.2. The molecule has 0 spiro atoms. The smallest absolute Gasteiger partial charge is 0.269 e. The Balaban J connectivity index is 2.53. The first-order valence-corrected chi connectivity index (χ1v) is 7.19. The molecule has 0 atom stereocenters. The molecule has 110 valence electrons. The first-order valence-electron chi connectivity index (χ1n) is 6.11. The van der Waals surface area contributed by atoms with Crippen LogP contribution < -0.4 is 10.9 Å². The van der Waals surface area contributed by atoms with Crippen LogP contribution in [0.4, 0.5) is 11.4 Å². The van der Waals surface area contributed by atoms with Gasteiger partial charge in [-0.1, -0.05) is 0 Å². The van der Waals surface area contributed by atoms with Crippen LogP contribution in [-0.2, 0) is 6.54 Å². The molecule has 0 amide bonds. The first kappa shape index (κ1) is 15.4. The average Bonchev–Trinajstić information content (AvgIpc) is 2.47. The summed E-state index contributed by atoms with van der Waals surface area (Å²) < 4.78 is 2.01. The number of benzene rings is 1. The number of rotatable bonds is 4. The molecule has 0 bridgehead atoms. The van der Waals surface area contributed by atoms with E-state index in [-0.39, 0.29) is 17.8 Å². The summed E-state index contributed by atoms with van der Waals surface area (Å²) in [5.74, 6) is 0.564. The number of nitro groups is 1. The maximum atomic E-state index is 12.2. The first-order chi connectivity index (χ1) is 9.93. The summed E-state index contributed by atoms with van der Waals surface area (Å²) in [6.07, 6.45) is 1.52. The van der Waals surface area contributed by atoms with Crippen LogP contribution in [0.5, 0.6) is 0 Å². The molecule has 8 heteroatoms. The quantitative estimate of drug-likeness (QED) is 0.483. The van der Waals surface area contributed by atoms with E-state index in [4.69, 9.17) is 0 Å². The van der Waals surface area contributed by atoms with E-state index in [9.17, 15) is 14.9 Å². The predicted octanol–water partition coefficient (Wildman–Crippen LogP) is 2.15. The molecule has 0 radical (unpaired) electrons. The lowest BCUT2D eigenvalue weighted by Crippen LogP contribution is -2.26. The molecule has 1 aromatic carbocycles. The predicted molar refractivity (Wildman–Crippen MR) is 87.7 cm³/mol. The largest absolute Gasteiger partial charge is 0.388 e. The van der Waals surface area contributed by atoms with Crippen molar-refractivity contribution in [2.45, 2.75) is 13.5 Å². The highest BCUT2D eigenvalue weighted by atomic mass is 127. The van der Waals surface area contributed by atoms with Crippen molar-refractivity contribution in [2.75, 3.05) is 12.4 Å². The molecule has 2 rings (SSSR count). The van der Waals surface area contributed by atoms with Crippen LogP contribution in [0.2, 0.25) is 0 Å². The molecule has 0 aliphatic carbocycles. The van der Waals surface area contributed by atoms with Gasteiger partial charge in [-0.3, -0.25) is 19.5 Å². The van der Waals surface area contributed by atoms with Gasteiger partial charge in [0.15, 0.2) is 0 Å². The fourth-order valence-electron chi connectivity index (χ4n) is 1.98. The van der Waals surface area contributed by atoms with E-state index in [0.717, 1.165) is 5.69 Å². The van der Waals surface area contributed by atoms with Crippen molar-refractivity contribution in [1.82, 2.24) is 9.55 Å². The molecule has 0 saturated heterocycles. The third-order valence-corrected chi connectivity index (χ3v) is 3.84. The Morgan fingerprint density at radius 1 is 1.48 bits per heavy atom. The van der Waals surface area contributed by atoms with Gasteiger partial charge in [-0.25, -0.2) is 4.98 Å². The van der Waals surface area contributed by atoms with E-state index in [0.29, 0.717) is 15.0 Å². The van der Waals surface area contributed by atoms with Crippen LogP contribution in [0.3, 0.4) is 0 Å². The molecule has 1 N–H and O–H groups in total. The molecule has 7 nitrogen and oxygen atoms in total. The van der Waals surface area contributed by atoms with Gasteiger partial charge in [0.1, 0.15) is 5.82 Å². The highest BCUT2D eigenvalue weighted by Gasteiger charge is 2.13. The van der Waals surface area contributed by atoms with Gasteiger partial charge in [0.05, 0.1) is 15.0 Å². The molecule has 0 fully saturated rings. The summed E-state index contributed by atoms with van der Waals surface area (Å²) in [6.45, 7) is 1.96. The lowest BCUT2D eigenvalue weighted by molar-refractivity contribution is -0.384. The number of aromatic nitrogens is 2. The molecule has 0 aliphatic heterocycles. The van der Waals surface area contributed by atoms with Gasteiger partial charge < -0.3 is 5.32 Å². The van der Waals surface area contributed by atoms with Crippen LogP contribution in [0, 0.1) is 20.6 Å². The summed E-state index contributed by atoms with van der Waals surface area (Å²) in [4.78, 5) is 26.8. The highest BCUT2D eigenvalue weighted by Crippen LogP contribution is 2.22. The van der Waals surface area contributed by atoms with Gasteiger partial charge in [-0.15, -0.1) is 0 Å². The Hall–Kier alpha value is -1.97. The normalized spacial score (nSPS) is 10.4. The lowest BCUT2D eigenvalue weighted by atomic mass is 10.1. The fourth-order valence-corrected chi connectivity index (χ4v) is 2.41. The van der Waals surface area contributed by atoms with Gasteiger partial charge in [-0.05, 0) is 35.6 Å². The molecule has 0 aliphatic rings. The minimum absolute atomic E-state index is 0.00621. The van der Waals surface area contributed by atoms with Crippen molar-refractivity contribution >= 4 is 34.0 Å². The number of nitrogens with zero attached hydrogens (tertiary/aromatic N) is 3. The van der Waals surface area contributed by atoms with Crippen molar-refractivity contribution in [1.29, 1.82) is 0 Å². The number of hydrogen-bond donors (Lipinski definition) is 1. The molecule has 0 unspecified atom stereocenters. The van der Waals surface area contributed by atoms with E-state index >= 15 is 0 Å². The number of nitro benzene ring substituents is 1. The van der Waals surface area contributed by atoms with Crippen LogP contribution >= 0.6 is 22.6 Å². The third-order valence-electron chi connectivity index (χ3n) is 3.10. The van der Waals surface area contributed by atoms with Crippen molar-refractivity contribution < 1.29 is 4.92 Å². The van der Waals surface area contributed by atoms with Gasteiger partial charge >= 0.3 is 0 Å². The van der Waals surface area contributed by atoms with Crippen molar-refractivity contribution in [3.05, 3.63) is 59.8 Å². The number of anilines is 1. The number of halogens is 1. The minimum atomic E-state index is -0.453. The molecule has 2 aromatic rings. The maximum Gasteiger partial charge on any atom is 0.269 e. The second-order valence-electron chi connectivity index (χ2n) is 4.39. The second-order valence-corrected chi connectivity index (χ2v) is 5.56. The van der Waals surface area contributed by atoms with Crippen molar-refractivity contribution in [2.24, 2.45) is 0 Å². The molecule has 1 heterocycles. The topological polar surface area (TPSA) is 90.1 Å². The van der Waals surface area contributed by atoms with E-state index in [1.807, 2.05) is 22.6 Å². The molecule has 21 heavy (non-hydrogen) atoms. The zero-order chi connectivity index (χ0) is 15.6. The van der Waals surface area contributed by atoms with E-state index in [1.54, 1.807) is 20.0 Å². The average molecular weight is 400 g/mol. The Kier molecular flexibility index (Phi) is 4.56. The van der Waals surface area contributed by atoms with Crippen LogP contribution in [0.25, 0.3) is 0 Å². The highest BCUT2D eigenvalue weighted by molar-refractivity contribution is 14.1. The number of nitrogens with one attached hydrogen (secondary N) is 1. The van der Waals surface area contributed by atoms with Gasteiger partial charge in [-0.2, -0.15) is 0 Å². The number of non-ortho nitro benzene ring substituents is 1. The summed E-state index contributed by atoms with van der Waals surface area (Å²) in [6, 6.07) is 4.53. The fraction of sp³-hybridized carbons (Fsp3) is 0.231. The Labute approximate surface area is 134 Å². The summed E-state index contributed by atoms with van der Waals surface area (Å²) >= 11 is 1.92. The molecule has 1 aromatic heterocycles. The van der Waals surface area contributed by atoms with Gasteiger partial charge in [0.2, 0.25) is 0 Å². The monoisotopic (exact) mass is 400 g/mol. The zero-order valence-corrected chi connectivity index (χ0v) is 13.6. The van der Waals surface area contributed by atoms with Crippen molar-refractivity contribution in [3.63, 3.8) is 0 Å².